The zero-order valence-electron chi connectivity index (χ0n) is 11.2. The molecule has 1 fully saturated rings. The molecule has 1 aromatic rings. The molecule has 1 N–H and O–H groups in total. The van der Waals surface area contributed by atoms with Gasteiger partial charge in [0.25, 0.3) is 0 Å². The van der Waals surface area contributed by atoms with Gasteiger partial charge in [0.05, 0.1) is 7.11 Å². The van der Waals surface area contributed by atoms with Crippen LogP contribution in [-0.4, -0.2) is 13.2 Å². The second-order valence-electron chi connectivity index (χ2n) is 5.21. The first kappa shape index (κ1) is 13.2. The fourth-order valence-electron chi connectivity index (χ4n) is 2.78. The van der Waals surface area contributed by atoms with Gasteiger partial charge in [-0.2, -0.15) is 0 Å². The van der Waals surface area contributed by atoms with Crippen molar-refractivity contribution in [3.63, 3.8) is 0 Å². The van der Waals surface area contributed by atoms with Crippen molar-refractivity contribution in [2.45, 2.75) is 45.1 Å². The first-order chi connectivity index (χ1) is 8.69. The highest BCUT2D eigenvalue weighted by molar-refractivity contribution is 5.49. The Labute approximate surface area is 109 Å². The smallest absolute Gasteiger partial charge is 0.128 e. The predicted octanol–water partition coefficient (Wildman–Crippen LogP) is 4.22. The molecule has 0 aromatic heterocycles. The van der Waals surface area contributed by atoms with Crippen LogP contribution in [-0.2, 0) is 0 Å². The Morgan fingerprint density at radius 1 is 1.22 bits per heavy atom. The highest BCUT2D eigenvalue weighted by atomic mass is 19.1. The van der Waals surface area contributed by atoms with Crippen molar-refractivity contribution in [2.24, 2.45) is 5.92 Å². The van der Waals surface area contributed by atoms with Gasteiger partial charge >= 0.3 is 0 Å². The number of hydrogen-bond acceptors (Lipinski definition) is 2. The average molecular weight is 251 g/mol. The van der Waals surface area contributed by atoms with E-state index in [0.717, 1.165) is 5.69 Å². The highest BCUT2D eigenvalue weighted by Gasteiger charge is 2.20. The topological polar surface area (TPSA) is 21.3 Å². The van der Waals surface area contributed by atoms with Crippen LogP contribution in [0.2, 0.25) is 0 Å². The molecule has 1 aromatic carbocycles. The van der Waals surface area contributed by atoms with E-state index in [-0.39, 0.29) is 5.82 Å². The van der Waals surface area contributed by atoms with Crippen molar-refractivity contribution in [1.82, 2.24) is 0 Å². The molecular weight excluding hydrogens is 229 g/mol. The fourth-order valence-corrected chi connectivity index (χ4v) is 2.78. The second-order valence-corrected chi connectivity index (χ2v) is 5.21. The second kappa shape index (κ2) is 6.07. The van der Waals surface area contributed by atoms with Gasteiger partial charge in [-0.3, -0.25) is 0 Å². The molecule has 0 spiro atoms. The number of anilines is 1. The molecule has 1 atom stereocenters. The quantitative estimate of drug-likeness (QED) is 0.865. The molecule has 0 heterocycles. The summed E-state index contributed by atoms with van der Waals surface area (Å²) in [5, 5.41) is 3.41. The highest BCUT2D eigenvalue weighted by Crippen LogP contribution is 2.29. The lowest BCUT2D eigenvalue weighted by atomic mass is 9.84. The van der Waals surface area contributed by atoms with Crippen molar-refractivity contribution in [3.05, 3.63) is 24.0 Å². The van der Waals surface area contributed by atoms with Crippen LogP contribution in [0, 0.1) is 11.7 Å². The van der Waals surface area contributed by atoms with Gasteiger partial charge in [0.1, 0.15) is 11.6 Å². The van der Waals surface area contributed by atoms with Gasteiger partial charge in [0.2, 0.25) is 0 Å². The predicted molar refractivity (Wildman–Crippen MR) is 72.6 cm³/mol. The van der Waals surface area contributed by atoms with Gasteiger partial charge in [-0.25, -0.2) is 4.39 Å². The van der Waals surface area contributed by atoms with Gasteiger partial charge < -0.3 is 10.1 Å². The van der Waals surface area contributed by atoms with Crippen molar-refractivity contribution in [3.8, 4) is 5.75 Å². The largest absolute Gasteiger partial charge is 0.497 e. The lowest BCUT2D eigenvalue weighted by Gasteiger charge is -2.29. The minimum Gasteiger partial charge on any atom is -0.497 e. The van der Waals surface area contributed by atoms with E-state index in [2.05, 4.69) is 12.2 Å². The number of methoxy groups -OCH3 is 1. The summed E-state index contributed by atoms with van der Waals surface area (Å²) in [5.41, 5.74) is 0.810. The standard InChI is InChI=1S/C15H22FNO/c1-11(12-6-4-3-5-7-12)17-14-8-13(16)9-15(10-14)18-2/h8-12,17H,3-7H2,1-2H3. The molecule has 18 heavy (non-hydrogen) atoms. The molecular formula is C15H22FNO. The zero-order valence-corrected chi connectivity index (χ0v) is 11.2. The number of rotatable bonds is 4. The summed E-state index contributed by atoms with van der Waals surface area (Å²) in [6.07, 6.45) is 6.56. The Kier molecular flexibility index (Phi) is 4.45. The Balaban J connectivity index is 2.01. The molecule has 0 bridgehead atoms. The molecule has 1 aliphatic rings. The number of benzene rings is 1. The van der Waals surface area contributed by atoms with E-state index in [1.165, 1.54) is 44.2 Å². The monoisotopic (exact) mass is 251 g/mol. The summed E-state index contributed by atoms with van der Waals surface area (Å²) in [5.74, 6) is 1.01. The molecule has 2 nitrogen and oxygen atoms in total. The number of hydrogen-bond donors (Lipinski definition) is 1. The SMILES string of the molecule is COc1cc(F)cc(NC(C)C2CCCCC2)c1. The van der Waals surface area contributed by atoms with Crippen molar-refractivity contribution in [2.75, 3.05) is 12.4 Å². The average Bonchev–Trinajstić information content (AvgIpc) is 2.39. The van der Waals surface area contributed by atoms with Crippen LogP contribution in [0.15, 0.2) is 18.2 Å². The normalized spacial score (nSPS) is 18.4. The van der Waals surface area contributed by atoms with Crippen LogP contribution in [0.5, 0.6) is 5.75 Å². The molecule has 0 saturated heterocycles. The lowest BCUT2D eigenvalue weighted by molar-refractivity contribution is 0.328. The third-order valence-corrected chi connectivity index (χ3v) is 3.86. The van der Waals surface area contributed by atoms with Crippen molar-refractivity contribution >= 4 is 5.69 Å². The summed E-state index contributed by atoms with van der Waals surface area (Å²) in [6, 6.07) is 5.16. The summed E-state index contributed by atoms with van der Waals surface area (Å²) in [4.78, 5) is 0. The number of nitrogens with one attached hydrogen (secondary N) is 1. The van der Waals surface area contributed by atoms with Gasteiger partial charge in [-0.15, -0.1) is 0 Å². The molecule has 1 aliphatic carbocycles. The maximum atomic E-state index is 13.4. The Bertz CT molecular complexity index is 388. The molecule has 0 radical (unpaired) electrons. The van der Waals surface area contributed by atoms with Crippen LogP contribution in [0.1, 0.15) is 39.0 Å². The molecule has 0 aliphatic heterocycles. The third-order valence-electron chi connectivity index (χ3n) is 3.86. The molecule has 100 valence electrons. The van der Waals surface area contributed by atoms with Crippen LogP contribution in [0.4, 0.5) is 10.1 Å². The summed E-state index contributed by atoms with van der Waals surface area (Å²) >= 11 is 0. The van der Waals surface area contributed by atoms with Crippen LogP contribution >= 0.6 is 0 Å². The fraction of sp³-hybridized carbons (Fsp3) is 0.600. The summed E-state index contributed by atoms with van der Waals surface area (Å²) < 4.78 is 18.5. The summed E-state index contributed by atoms with van der Waals surface area (Å²) in [6.45, 7) is 2.19. The molecule has 1 unspecified atom stereocenters. The number of ether oxygens (including phenoxy) is 1. The van der Waals surface area contributed by atoms with Crippen molar-refractivity contribution in [1.29, 1.82) is 0 Å². The molecule has 3 heteroatoms. The van der Waals surface area contributed by atoms with E-state index in [9.17, 15) is 4.39 Å². The van der Waals surface area contributed by atoms with E-state index >= 15 is 0 Å². The van der Waals surface area contributed by atoms with E-state index in [4.69, 9.17) is 4.74 Å². The maximum absolute atomic E-state index is 13.4. The van der Waals surface area contributed by atoms with Gasteiger partial charge in [-0.1, -0.05) is 19.3 Å². The number of halogens is 1. The van der Waals surface area contributed by atoms with E-state index in [1.54, 1.807) is 7.11 Å². The van der Waals surface area contributed by atoms with E-state index in [1.807, 2.05) is 6.07 Å². The Morgan fingerprint density at radius 2 is 1.94 bits per heavy atom. The minimum absolute atomic E-state index is 0.257. The lowest BCUT2D eigenvalue weighted by Crippen LogP contribution is -2.27. The van der Waals surface area contributed by atoms with Crippen molar-refractivity contribution < 1.29 is 9.13 Å². The van der Waals surface area contributed by atoms with Crippen LogP contribution in [0.3, 0.4) is 0 Å². The first-order valence-electron chi connectivity index (χ1n) is 6.80. The van der Waals surface area contributed by atoms with Gasteiger partial charge in [-0.05, 0) is 31.7 Å². The molecule has 0 amide bonds. The van der Waals surface area contributed by atoms with Crippen LogP contribution in [0.25, 0.3) is 0 Å². The van der Waals surface area contributed by atoms with E-state index < -0.39 is 0 Å². The van der Waals surface area contributed by atoms with E-state index in [0.29, 0.717) is 17.7 Å². The Hall–Kier alpha value is -1.25. The minimum atomic E-state index is -0.257. The van der Waals surface area contributed by atoms with Crippen LogP contribution < -0.4 is 10.1 Å². The maximum Gasteiger partial charge on any atom is 0.128 e. The third kappa shape index (κ3) is 3.37. The van der Waals surface area contributed by atoms with Gasteiger partial charge in [0, 0.05) is 23.9 Å². The first-order valence-corrected chi connectivity index (χ1v) is 6.80. The summed E-state index contributed by atoms with van der Waals surface area (Å²) in [7, 11) is 1.56. The Morgan fingerprint density at radius 3 is 2.61 bits per heavy atom. The molecule has 2 rings (SSSR count). The van der Waals surface area contributed by atoms with Gasteiger partial charge in [0.15, 0.2) is 0 Å². The molecule has 1 saturated carbocycles. The zero-order chi connectivity index (χ0) is 13.0.